The van der Waals surface area contributed by atoms with E-state index in [4.69, 9.17) is 0 Å². The summed E-state index contributed by atoms with van der Waals surface area (Å²) >= 11 is 1.55. The van der Waals surface area contributed by atoms with E-state index < -0.39 is 0 Å². The Labute approximate surface area is 120 Å². The number of Topliss-reactive ketones (excluding diaryl/α,β-unsaturated/α-hetero) is 1. The Morgan fingerprint density at radius 2 is 2.21 bits per heavy atom. The molecule has 0 unspecified atom stereocenters. The van der Waals surface area contributed by atoms with Gasteiger partial charge in [0.15, 0.2) is 5.78 Å². The molecule has 0 amide bonds. The Balaban J connectivity index is 1.73. The molecule has 3 nitrogen and oxygen atoms in total. The molecule has 0 atom stereocenters. The fourth-order valence-corrected chi connectivity index (χ4v) is 3.25. The lowest BCUT2D eigenvalue weighted by molar-refractivity contribution is 0.0393. The molecular formula is C15H24N2OS. The van der Waals surface area contributed by atoms with Crippen molar-refractivity contribution >= 4 is 17.1 Å². The molecule has 4 heteroatoms. The molecule has 1 aliphatic rings. The number of hydrogen-bond acceptors (Lipinski definition) is 4. The Morgan fingerprint density at radius 1 is 1.42 bits per heavy atom. The summed E-state index contributed by atoms with van der Waals surface area (Å²) in [6.45, 7) is 8.94. The third-order valence-corrected chi connectivity index (χ3v) is 4.98. The van der Waals surface area contributed by atoms with Crippen molar-refractivity contribution in [1.82, 2.24) is 9.80 Å². The van der Waals surface area contributed by atoms with Gasteiger partial charge in [-0.05, 0) is 45.3 Å². The zero-order chi connectivity index (χ0) is 13.9. The van der Waals surface area contributed by atoms with E-state index >= 15 is 0 Å². The molecule has 2 rings (SSSR count). The van der Waals surface area contributed by atoms with Gasteiger partial charge in [0, 0.05) is 31.6 Å². The maximum Gasteiger partial charge on any atom is 0.172 e. The number of thiophene rings is 1. The Kier molecular flexibility index (Phi) is 4.76. The number of rotatable bonds is 5. The van der Waals surface area contributed by atoms with Gasteiger partial charge in [-0.1, -0.05) is 6.07 Å². The number of hydrogen-bond donors (Lipinski definition) is 0. The van der Waals surface area contributed by atoms with E-state index in [1.807, 2.05) is 17.5 Å². The summed E-state index contributed by atoms with van der Waals surface area (Å²) < 4.78 is 0. The first-order valence-electron chi connectivity index (χ1n) is 6.99. The van der Waals surface area contributed by atoms with E-state index in [2.05, 4.69) is 30.7 Å². The smallest absolute Gasteiger partial charge is 0.172 e. The zero-order valence-corrected chi connectivity index (χ0v) is 13.0. The number of ketones is 1. The van der Waals surface area contributed by atoms with Crippen molar-refractivity contribution in [3.05, 3.63) is 22.4 Å². The minimum atomic E-state index is 0.246. The van der Waals surface area contributed by atoms with Crippen molar-refractivity contribution in [1.29, 1.82) is 0 Å². The highest BCUT2D eigenvalue weighted by atomic mass is 32.1. The van der Waals surface area contributed by atoms with E-state index in [1.54, 1.807) is 11.3 Å². The lowest BCUT2D eigenvalue weighted by Gasteiger charge is -2.45. The quantitative estimate of drug-likeness (QED) is 0.775. The van der Waals surface area contributed by atoms with Crippen LogP contribution in [-0.4, -0.2) is 54.3 Å². The second-order valence-electron chi connectivity index (χ2n) is 6.01. The van der Waals surface area contributed by atoms with Gasteiger partial charge in [-0.2, -0.15) is 0 Å². The fraction of sp³-hybridized carbons (Fsp3) is 0.667. The Hall–Kier alpha value is -0.710. The van der Waals surface area contributed by atoms with Gasteiger partial charge < -0.3 is 4.90 Å². The molecular weight excluding hydrogens is 256 g/mol. The molecule has 0 spiro atoms. The number of carbonyl (C=O) groups is 1. The number of piperazine rings is 1. The van der Waals surface area contributed by atoms with Crippen molar-refractivity contribution in [2.24, 2.45) is 0 Å². The zero-order valence-electron chi connectivity index (χ0n) is 12.2. The summed E-state index contributed by atoms with van der Waals surface area (Å²) in [5.74, 6) is 0.295. The van der Waals surface area contributed by atoms with Crippen LogP contribution in [0, 0.1) is 0 Å². The first kappa shape index (κ1) is 14.7. The highest BCUT2D eigenvalue weighted by molar-refractivity contribution is 7.12. The molecule has 1 aromatic rings. The van der Waals surface area contributed by atoms with E-state index in [-0.39, 0.29) is 5.54 Å². The van der Waals surface area contributed by atoms with Crippen molar-refractivity contribution < 1.29 is 4.79 Å². The molecule has 1 aromatic heterocycles. The van der Waals surface area contributed by atoms with Gasteiger partial charge in [0.1, 0.15) is 0 Å². The van der Waals surface area contributed by atoms with Crippen LogP contribution in [0.3, 0.4) is 0 Å². The maximum atomic E-state index is 11.9. The molecule has 1 aliphatic heterocycles. The molecule has 0 aliphatic carbocycles. The van der Waals surface area contributed by atoms with Crippen LogP contribution < -0.4 is 0 Å². The predicted molar refractivity (Wildman–Crippen MR) is 81.0 cm³/mol. The minimum Gasteiger partial charge on any atom is -0.300 e. The number of nitrogens with zero attached hydrogens (tertiary/aromatic N) is 2. The van der Waals surface area contributed by atoms with Crippen LogP contribution in [-0.2, 0) is 0 Å². The van der Waals surface area contributed by atoms with Gasteiger partial charge in [-0.3, -0.25) is 9.69 Å². The summed E-state index contributed by atoms with van der Waals surface area (Å²) in [6.07, 6.45) is 1.64. The lowest BCUT2D eigenvalue weighted by atomic mass is 9.99. The molecule has 0 N–H and O–H groups in total. The first-order chi connectivity index (χ1) is 8.99. The van der Waals surface area contributed by atoms with Crippen LogP contribution >= 0.6 is 11.3 Å². The molecule has 0 saturated carbocycles. The first-order valence-corrected chi connectivity index (χ1v) is 7.87. The number of carbonyl (C=O) groups excluding carboxylic acids is 1. The van der Waals surface area contributed by atoms with E-state index in [1.165, 1.54) is 0 Å². The van der Waals surface area contributed by atoms with Gasteiger partial charge in [0.25, 0.3) is 0 Å². The average molecular weight is 280 g/mol. The van der Waals surface area contributed by atoms with E-state index in [0.29, 0.717) is 12.2 Å². The van der Waals surface area contributed by atoms with Crippen LogP contribution in [0.5, 0.6) is 0 Å². The molecule has 1 saturated heterocycles. The standard InChI is InChI=1S/C15H24N2OS/c1-15(2)12-17(10-9-16(15)3)8-4-6-13(18)14-7-5-11-19-14/h5,7,11H,4,6,8-10,12H2,1-3H3. The van der Waals surface area contributed by atoms with Crippen LogP contribution in [0.25, 0.3) is 0 Å². The van der Waals surface area contributed by atoms with Gasteiger partial charge in [0.2, 0.25) is 0 Å². The predicted octanol–water partition coefficient (Wildman–Crippen LogP) is 2.74. The van der Waals surface area contributed by atoms with Crippen molar-refractivity contribution in [2.45, 2.75) is 32.2 Å². The normalized spacial score (nSPS) is 20.6. The van der Waals surface area contributed by atoms with Crippen molar-refractivity contribution in [2.75, 3.05) is 33.2 Å². The highest BCUT2D eigenvalue weighted by Gasteiger charge is 2.30. The molecule has 0 aromatic carbocycles. The summed E-state index contributed by atoms with van der Waals surface area (Å²) in [4.78, 5) is 17.7. The second kappa shape index (κ2) is 6.16. The van der Waals surface area contributed by atoms with E-state index in [0.717, 1.165) is 37.5 Å². The summed E-state index contributed by atoms with van der Waals surface area (Å²) in [6, 6.07) is 3.87. The topological polar surface area (TPSA) is 23.6 Å². The highest BCUT2D eigenvalue weighted by Crippen LogP contribution is 2.19. The number of likely N-dealkylation sites (N-methyl/N-ethyl adjacent to an activating group) is 1. The molecule has 19 heavy (non-hydrogen) atoms. The molecule has 0 bridgehead atoms. The van der Waals surface area contributed by atoms with Crippen molar-refractivity contribution in [3.63, 3.8) is 0 Å². The third kappa shape index (κ3) is 3.88. The van der Waals surface area contributed by atoms with Crippen LogP contribution in [0.1, 0.15) is 36.4 Å². The molecule has 106 valence electrons. The Morgan fingerprint density at radius 3 is 2.84 bits per heavy atom. The van der Waals surface area contributed by atoms with E-state index in [9.17, 15) is 4.79 Å². The molecule has 1 fully saturated rings. The Bertz CT molecular complexity index is 414. The molecule has 0 radical (unpaired) electrons. The van der Waals surface area contributed by atoms with Crippen LogP contribution in [0.15, 0.2) is 17.5 Å². The van der Waals surface area contributed by atoms with Gasteiger partial charge in [0.05, 0.1) is 4.88 Å². The van der Waals surface area contributed by atoms with Crippen LogP contribution in [0.2, 0.25) is 0 Å². The van der Waals surface area contributed by atoms with Gasteiger partial charge in [-0.25, -0.2) is 0 Å². The van der Waals surface area contributed by atoms with Crippen molar-refractivity contribution in [3.8, 4) is 0 Å². The SMILES string of the molecule is CN1CCN(CCCC(=O)c2cccs2)CC1(C)C. The maximum absolute atomic E-state index is 11.9. The largest absolute Gasteiger partial charge is 0.300 e. The van der Waals surface area contributed by atoms with Crippen LogP contribution in [0.4, 0.5) is 0 Å². The van der Waals surface area contributed by atoms with Gasteiger partial charge >= 0.3 is 0 Å². The lowest BCUT2D eigenvalue weighted by Crippen LogP contribution is -2.57. The minimum absolute atomic E-state index is 0.246. The average Bonchev–Trinajstić information content (AvgIpc) is 2.87. The fourth-order valence-electron chi connectivity index (χ4n) is 2.56. The second-order valence-corrected chi connectivity index (χ2v) is 6.96. The summed E-state index contributed by atoms with van der Waals surface area (Å²) in [7, 11) is 2.19. The van der Waals surface area contributed by atoms with Gasteiger partial charge in [-0.15, -0.1) is 11.3 Å². The summed E-state index contributed by atoms with van der Waals surface area (Å²) in [5, 5.41) is 1.97. The summed E-state index contributed by atoms with van der Waals surface area (Å²) in [5.41, 5.74) is 0.246. The monoisotopic (exact) mass is 280 g/mol. The molecule has 2 heterocycles. The third-order valence-electron chi connectivity index (χ3n) is 4.07.